The molecule has 3 nitrogen and oxygen atoms in total. The number of hydrogen-bond acceptors (Lipinski definition) is 2. The number of hydrogen-bond donors (Lipinski definition) is 1. The molecule has 0 amide bonds. The quantitative estimate of drug-likeness (QED) is 0.736. The monoisotopic (exact) mass is 199 g/mol. The molecule has 0 bridgehead atoms. The summed E-state index contributed by atoms with van der Waals surface area (Å²) in [5, 5.41) is 8.72. The Morgan fingerprint density at radius 2 is 2.36 bits per heavy atom. The number of nitrogens with zero attached hydrogens (tertiary/aromatic N) is 1. The van der Waals surface area contributed by atoms with Crippen LogP contribution in [0.3, 0.4) is 0 Å². The van der Waals surface area contributed by atoms with Gasteiger partial charge in [-0.2, -0.15) is 0 Å². The van der Waals surface area contributed by atoms with Crippen LogP contribution in [-0.2, 0) is 4.79 Å². The fraction of sp³-hybridized carbons (Fsp3) is 0.909. The number of carboxylic acids is 1. The van der Waals surface area contributed by atoms with Gasteiger partial charge >= 0.3 is 5.97 Å². The maximum atomic E-state index is 10.6. The van der Waals surface area contributed by atoms with Crippen LogP contribution in [0.2, 0.25) is 0 Å². The first-order valence-corrected chi connectivity index (χ1v) is 5.54. The number of carbonyl (C=O) groups is 1. The van der Waals surface area contributed by atoms with Crippen molar-refractivity contribution in [2.75, 3.05) is 13.6 Å². The van der Waals surface area contributed by atoms with E-state index >= 15 is 0 Å². The van der Waals surface area contributed by atoms with E-state index in [1.165, 1.54) is 19.4 Å². The second kappa shape index (κ2) is 5.35. The molecule has 1 rings (SSSR count). The molecule has 82 valence electrons. The van der Waals surface area contributed by atoms with E-state index in [-0.39, 0.29) is 5.92 Å². The van der Waals surface area contributed by atoms with Crippen molar-refractivity contribution in [1.82, 2.24) is 4.90 Å². The zero-order valence-electron chi connectivity index (χ0n) is 9.20. The second-order valence-electron chi connectivity index (χ2n) is 4.45. The van der Waals surface area contributed by atoms with Crippen LogP contribution < -0.4 is 0 Å². The predicted octanol–water partition coefficient (Wildman–Crippen LogP) is 1.97. The summed E-state index contributed by atoms with van der Waals surface area (Å²) >= 11 is 0. The fourth-order valence-electron chi connectivity index (χ4n) is 2.13. The van der Waals surface area contributed by atoms with Crippen LogP contribution >= 0.6 is 0 Å². The van der Waals surface area contributed by atoms with Gasteiger partial charge in [-0.25, -0.2) is 0 Å². The van der Waals surface area contributed by atoms with Crippen molar-refractivity contribution in [3.8, 4) is 0 Å². The highest BCUT2D eigenvalue weighted by Crippen LogP contribution is 2.21. The largest absolute Gasteiger partial charge is 0.481 e. The molecule has 0 aromatic heterocycles. The minimum absolute atomic E-state index is 0.179. The summed E-state index contributed by atoms with van der Waals surface area (Å²) in [5.41, 5.74) is 0. The van der Waals surface area contributed by atoms with Gasteiger partial charge in [0.15, 0.2) is 0 Å². The van der Waals surface area contributed by atoms with E-state index < -0.39 is 5.97 Å². The smallest absolute Gasteiger partial charge is 0.306 e. The molecule has 0 aromatic carbocycles. The van der Waals surface area contributed by atoms with Gasteiger partial charge < -0.3 is 10.0 Å². The first-order chi connectivity index (χ1) is 6.61. The summed E-state index contributed by atoms with van der Waals surface area (Å²) < 4.78 is 0. The van der Waals surface area contributed by atoms with Gasteiger partial charge in [0.1, 0.15) is 0 Å². The molecule has 1 aliphatic heterocycles. The Hall–Kier alpha value is -0.570. The molecule has 0 aromatic rings. The van der Waals surface area contributed by atoms with Gasteiger partial charge in [0.25, 0.3) is 0 Å². The van der Waals surface area contributed by atoms with Crippen LogP contribution in [0.1, 0.15) is 39.0 Å². The van der Waals surface area contributed by atoms with Crippen molar-refractivity contribution in [3.63, 3.8) is 0 Å². The fourth-order valence-corrected chi connectivity index (χ4v) is 2.13. The molecule has 1 N–H and O–H groups in total. The zero-order valence-corrected chi connectivity index (χ0v) is 9.20. The van der Waals surface area contributed by atoms with E-state index in [1.54, 1.807) is 6.92 Å². The Balaban J connectivity index is 2.11. The molecule has 1 saturated heterocycles. The lowest BCUT2D eigenvalue weighted by atomic mass is 10.0. The maximum Gasteiger partial charge on any atom is 0.306 e. The van der Waals surface area contributed by atoms with Crippen LogP contribution in [-0.4, -0.2) is 35.6 Å². The Morgan fingerprint density at radius 3 is 2.86 bits per heavy atom. The van der Waals surface area contributed by atoms with Crippen molar-refractivity contribution in [2.45, 2.75) is 45.1 Å². The topological polar surface area (TPSA) is 40.5 Å². The molecule has 1 heterocycles. The van der Waals surface area contributed by atoms with Crippen molar-refractivity contribution < 1.29 is 9.90 Å². The van der Waals surface area contributed by atoms with Crippen molar-refractivity contribution in [1.29, 1.82) is 0 Å². The average molecular weight is 199 g/mol. The molecule has 1 fully saturated rings. The summed E-state index contributed by atoms with van der Waals surface area (Å²) in [5.74, 6) is -0.841. The highest BCUT2D eigenvalue weighted by atomic mass is 16.4. The van der Waals surface area contributed by atoms with Crippen LogP contribution in [0.4, 0.5) is 0 Å². The van der Waals surface area contributed by atoms with Gasteiger partial charge in [-0.05, 0) is 39.3 Å². The maximum absolute atomic E-state index is 10.6. The Labute approximate surface area is 86.1 Å². The van der Waals surface area contributed by atoms with Gasteiger partial charge in [-0.1, -0.05) is 13.3 Å². The molecule has 3 heteroatoms. The summed E-state index contributed by atoms with van der Waals surface area (Å²) in [6.45, 7) is 3.00. The molecule has 2 unspecified atom stereocenters. The van der Waals surface area contributed by atoms with Crippen LogP contribution in [0.25, 0.3) is 0 Å². The first-order valence-electron chi connectivity index (χ1n) is 5.54. The normalized spacial score (nSPS) is 25.1. The standard InChI is InChI=1S/C11H21NO2/c1-9(11(13)14)5-3-6-10-7-4-8-12(10)2/h9-10H,3-8H2,1-2H3,(H,13,14). The van der Waals surface area contributed by atoms with E-state index in [0.29, 0.717) is 6.04 Å². The minimum Gasteiger partial charge on any atom is -0.481 e. The minimum atomic E-state index is -0.662. The third kappa shape index (κ3) is 3.29. The summed E-state index contributed by atoms with van der Waals surface area (Å²) in [4.78, 5) is 13.0. The van der Waals surface area contributed by atoms with Gasteiger partial charge in [0.2, 0.25) is 0 Å². The third-order valence-electron chi connectivity index (χ3n) is 3.27. The number of rotatable bonds is 5. The van der Waals surface area contributed by atoms with Crippen molar-refractivity contribution in [3.05, 3.63) is 0 Å². The van der Waals surface area contributed by atoms with Crippen molar-refractivity contribution >= 4 is 5.97 Å². The molecular weight excluding hydrogens is 178 g/mol. The summed E-state index contributed by atoms with van der Waals surface area (Å²) in [6, 6.07) is 0.705. The van der Waals surface area contributed by atoms with E-state index in [9.17, 15) is 4.79 Å². The van der Waals surface area contributed by atoms with E-state index in [4.69, 9.17) is 5.11 Å². The lowest BCUT2D eigenvalue weighted by molar-refractivity contribution is -0.141. The molecule has 0 saturated carbocycles. The van der Waals surface area contributed by atoms with Gasteiger partial charge in [-0.15, -0.1) is 0 Å². The highest BCUT2D eigenvalue weighted by molar-refractivity contribution is 5.69. The number of likely N-dealkylation sites (tertiary alicyclic amines) is 1. The second-order valence-corrected chi connectivity index (χ2v) is 4.45. The highest BCUT2D eigenvalue weighted by Gasteiger charge is 2.20. The average Bonchev–Trinajstić information content (AvgIpc) is 2.51. The SMILES string of the molecule is CC(CCCC1CCCN1C)C(=O)O. The van der Waals surface area contributed by atoms with Gasteiger partial charge in [-0.3, -0.25) is 4.79 Å². The van der Waals surface area contributed by atoms with Crippen LogP contribution in [0, 0.1) is 5.92 Å². The molecule has 0 radical (unpaired) electrons. The number of carboxylic acid groups (broad SMARTS) is 1. The predicted molar refractivity (Wildman–Crippen MR) is 56.3 cm³/mol. The lowest BCUT2D eigenvalue weighted by Crippen LogP contribution is -2.24. The Kier molecular flexibility index (Phi) is 4.39. The summed E-state index contributed by atoms with van der Waals surface area (Å²) in [7, 11) is 2.16. The molecule has 0 spiro atoms. The first kappa shape index (κ1) is 11.5. The third-order valence-corrected chi connectivity index (χ3v) is 3.27. The Bertz CT molecular complexity index is 194. The number of aliphatic carboxylic acids is 1. The zero-order chi connectivity index (χ0) is 10.6. The molecule has 1 aliphatic rings. The van der Waals surface area contributed by atoms with Crippen LogP contribution in [0.5, 0.6) is 0 Å². The molecule has 14 heavy (non-hydrogen) atoms. The summed E-state index contributed by atoms with van der Waals surface area (Å²) in [6.07, 6.45) is 5.61. The molecule has 2 atom stereocenters. The lowest BCUT2D eigenvalue weighted by Gasteiger charge is -2.19. The Morgan fingerprint density at radius 1 is 1.64 bits per heavy atom. The van der Waals surface area contributed by atoms with Gasteiger partial charge in [0.05, 0.1) is 5.92 Å². The van der Waals surface area contributed by atoms with E-state index in [0.717, 1.165) is 19.3 Å². The van der Waals surface area contributed by atoms with E-state index in [1.807, 2.05) is 0 Å². The van der Waals surface area contributed by atoms with Crippen molar-refractivity contribution in [2.24, 2.45) is 5.92 Å². The van der Waals surface area contributed by atoms with Crippen LogP contribution in [0.15, 0.2) is 0 Å². The molecular formula is C11H21NO2. The molecule has 0 aliphatic carbocycles. The van der Waals surface area contributed by atoms with Gasteiger partial charge in [0, 0.05) is 6.04 Å². The van der Waals surface area contributed by atoms with E-state index in [2.05, 4.69) is 11.9 Å².